The first-order valence-electron chi connectivity index (χ1n) is 11.3. The molecule has 0 aromatic heterocycles. The molecule has 0 saturated heterocycles. The molecule has 9 unspecified atom stereocenters. The Morgan fingerprint density at radius 1 is 0.964 bits per heavy atom. The number of aliphatic hydroxyl groups is 2. The van der Waals surface area contributed by atoms with E-state index in [4.69, 9.17) is 5.11 Å². The Bertz CT molecular complexity index is 647. The number of carboxylic acids is 1. The highest BCUT2D eigenvalue weighted by atomic mass is 16.4. The molecule has 0 aromatic carbocycles. The third-order valence-electron chi connectivity index (χ3n) is 9.71. The van der Waals surface area contributed by atoms with Crippen molar-refractivity contribution >= 4 is 11.8 Å². The third kappa shape index (κ3) is 3.04. The molecule has 28 heavy (non-hydrogen) atoms. The molecule has 9 atom stereocenters. The second kappa shape index (κ2) is 7.09. The molecule has 5 nitrogen and oxygen atoms in total. The lowest BCUT2D eigenvalue weighted by molar-refractivity contribution is -0.151. The highest BCUT2D eigenvalue weighted by molar-refractivity contribution is 5.87. The lowest BCUT2D eigenvalue weighted by Crippen LogP contribution is -2.54. The molecule has 4 aliphatic carbocycles. The van der Waals surface area contributed by atoms with Gasteiger partial charge < -0.3 is 15.3 Å². The Morgan fingerprint density at radius 2 is 1.64 bits per heavy atom. The summed E-state index contributed by atoms with van der Waals surface area (Å²) in [5.74, 6) is 1.04. The summed E-state index contributed by atoms with van der Waals surface area (Å²) in [6, 6.07) is 0. The fraction of sp³-hybridized carbons (Fsp3) is 0.913. The Kier molecular flexibility index (Phi) is 5.15. The Morgan fingerprint density at radius 3 is 2.36 bits per heavy atom. The zero-order chi connectivity index (χ0) is 20.3. The van der Waals surface area contributed by atoms with E-state index in [0.29, 0.717) is 29.1 Å². The number of aliphatic carboxylic acids is 1. The number of rotatable bonds is 4. The summed E-state index contributed by atoms with van der Waals surface area (Å²) >= 11 is 0. The van der Waals surface area contributed by atoms with Gasteiger partial charge in [0.2, 0.25) is 0 Å². The average Bonchev–Trinajstić information content (AvgIpc) is 2.99. The van der Waals surface area contributed by atoms with E-state index < -0.39 is 12.1 Å². The number of hydrogen-bond acceptors (Lipinski definition) is 4. The van der Waals surface area contributed by atoms with Crippen LogP contribution in [0, 0.1) is 40.4 Å². The van der Waals surface area contributed by atoms with Crippen LogP contribution >= 0.6 is 0 Å². The van der Waals surface area contributed by atoms with Crippen LogP contribution in [-0.4, -0.2) is 39.3 Å². The molecular weight excluding hydrogens is 356 g/mol. The minimum atomic E-state index is -1.57. The van der Waals surface area contributed by atoms with Gasteiger partial charge in [0.05, 0.1) is 6.10 Å². The molecule has 0 radical (unpaired) electrons. The van der Waals surface area contributed by atoms with Crippen LogP contribution in [0.5, 0.6) is 0 Å². The highest BCUT2D eigenvalue weighted by Gasteiger charge is 2.61. The molecule has 4 rings (SSSR count). The summed E-state index contributed by atoms with van der Waals surface area (Å²) in [6.45, 7) is 4.72. The van der Waals surface area contributed by atoms with Crippen LogP contribution in [0.2, 0.25) is 0 Å². The van der Waals surface area contributed by atoms with E-state index >= 15 is 0 Å². The molecule has 4 saturated carbocycles. The standard InChI is InChI=1S/C23H36O5/c1-22-9-7-14(24)11-13(22)3-4-15-16-5-6-18(19(25)12-20(26)21(27)28)23(16,2)10-8-17(15)22/h13-18,20,24,26H,3-12H2,1-2H3,(H,27,28). The maximum Gasteiger partial charge on any atom is 0.332 e. The number of carbonyl (C=O) groups is 2. The van der Waals surface area contributed by atoms with Crippen molar-refractivity contribution in [1.29, 1.82) is 0 Å². The molecule has 0 aromatic rings. The minimum Gasteiger partial charge on any atom is -0.479 e. The quantitative estimate of drug-likeness (QED) is 0.681. The van der Waals surface area contributed by atoms with Crippen molar-refractivity contribution in [3.63, 3.8) is 0 Å². The molecule has 0 bridgehead atoms. The van der Waals surface area contributed by atoms with Crippen LogP contribution in [0.25, 0.3) is 0 Å². The third-order valence-corrected chi connectivity index (χ3v) is 9.71. The van der Waals surface area contributed by atoms with E-state index in [9.17, 15) is 19.8 Å². The highest BCUT2D eigenvalue weighted by Crippen LogP contribution is 2.67. The predicted molar refractivity (Wildman–Crippen MR) is 104 cm³/mol. The van der Waals surface area contributed by atoms with Crippen LogP contribution in [0.3, 0.4) is 0 Å². The van der Waals surface area contributed by atoms with E-state index in [0.717, 1.165) is 44.9 Å². The van der Waals surface area contributed by atoms with Gasteiger partial charge >= 0.3 is 5.97 Å². The predicted octanol–water partition coefficient (Wildman–Crippen LogP) is 3.41. The van der Waals surface area contributed by atoms with Gasteiger partial charge in [-0.05, 0) is 92.3 Å². The largest absolute Gasteiger partial charge is 0.479 e. The molecular formula is C23H36O5. The van der Waals surface area contributed by atoms with E-state index in [1.54, 1.807) is 0 Å². The van der Waals surface area contributed by atoms with Crippen molar-refractivity contribution in [2.24, 2.45) is 40.4 Å². The smallest absolute Gasteiger partial charge is 0.332 e. The number of hydrogen-bond donors (Lipinski definition) is 3. The molecule has 3 N–H and O–H groups in total. The van der Waals surface area contributed by atoms with Crippen molar-refractivity contribution in [1.82, 2.24) is 0 Å². The molecule has 0 aliphatic heterocycles. The van der Waals surface area contributed by atoms with Crippen LogP contribution in [-0.2, 0) is 9.59 Å². The molecule has 158 valence electrons. The zero-order valence-corrected chi connectivity index (χ0v) is 17.3. The summed E-state index contributed by atoms with van der Waals surface area (Å²) in [4.78, 5) is 23.8. The van der Waals surface area contributed by atoms with Crippen LogP contribution < -0.4 is 0 Å². The van der Waals surface area contributed by atoms with Crippen molar-refractivity contribution in [3.05, 3.63) is 0 Å². The van der Waals surface area contributed by atoms with Gasteiger partial charge in [-0.25, -0.2) is 4.79 Å². The van der Waals surface area contributed by atoms with Gasteiger partial charge in [-0.15, -0.1) is 0 Å². The zero-order valence-electron chi connectivity index (χ0n) is 17.3. The lowest BCUT2D eigenvalue weighted by atomic mass is 9.44. The summed E-state index contributed by atoms with van der Waals surface area (Å²) in [5.41, 5.74) is 0.277. The Balaban J connectivity index is 1.52. The van der Waals surface area contributed by atoms with Crippen molar-refractivity contribution in [2.45, 2.75) is 90.3 Å². The van der Waals surface area contributed by atoms with E-state index in [2.05, 4.69) is 13.8 Å². The maximum atomic E-state index is 12.9. The van der Waals surface area contributed by atoms with Gasteiger partial charge in [0.15, 0.2) is 6.10 Å². The molecule has 4 aliphatic rings. The van der Waals surface area contributed by atoms with Crippen molar-refractivity contribution in [2.75, 3.05) is 0 Å². The molecule has 0 spiro atoms. The average molecular weight is 393 g/mol. The number of fused-ring (bicyclic) bond motifs is 5. The number of Topliss-reactive ketones (excluding diaryl/α,β-unsaturated/α-hetero) is 1. The number of carboxylic acid groups (broad SMARTS) is 1. The monoisotopic (exact) mass is 392 g/mol. The first-order chi connectivity index (χ1) is 13.2. The summed E-state index contributed by atoms with van der Waals surface area (Å²) < 4.78 is 0. The van der Waals surface area contributed by atoms with Crippen molar-refractivity contribution in [3.8, 4) is 0 Å². The summed E-state index contributed by atoms with van der Waals surface area (Å²) in [5, 5.41) is 28.8. The minimum absolute atomic E-state index is 0.0478. The van der Waals surface area contributed by atoms with Gasteiger partial charge in [-0.2, -0.15) is 0 Å². The second-order valence-corrected chi connectivity index (χ2v) is 10.8. The van der Waals surface area contributed by atoms with Gasteiger partial charge in [-0.3, -0.25) is 4.79 Å². The molecule has 4 fully saturated rings. The second-order valence-electron chi connectivity index (χ2n) is 10.8. The van der Waals surface area contributed by atoms with Gasteiger partial charge in [0.25, 0.3) is 0 Å². The number of aliphatic hydroxyl groups excluding tert-OH is 2. The van der Waals surface area contributed by atoms with Gasteiger partial charge in [0.1, 0.15) is 5.78 Å². The Labute approximate surface area is 167 Å². The normalized spacial score (nSPS) is 48.9. The fourth-order valence-electron chi connectivity index (χ4n) is 8.18. The van der Waals surface area contributed by atoms with E-state index in [1.807, 2.05) is 0 Å². The number of ketones is 1. The first kappa shape index (κ1) is 20.3. The van der Waals surface area contributed by atoms with Crippen LogP contribution in [0.15, 0.2) is 0 Å². The number of carbonyl (C=O) groups excluding carboxylic acids is 1. The van der Waals surface area contributed by atoms with E-state index in [1.165, 1.54) is 12.8 Å². The first-order valence-corrected chi connectivity index (χ1v) is 11.3. The van der Waals surface area contributed by atoms with Crippen LogP contribution in [0.4, 0.5) is 0 Å². The van der Waals surface area contributed by atoms with Crippen molar-refractivity contribution < 1.29 is 24.9 Å². The SMILES string of the molecule is CC12CCC(O)CC1CCC1C2CCC2(C)C(C(=O)CC(O)C(=O)O)CCC12. The maximum absolute atomic E-state index is 12.9. The summed E-state index contributed by atoms with van der Waals surface area (Å²) in [7, 11) is 0. The van der Waals surface area contributed by atoms with Gasteiger partial charge in [-0.1, -0.05) is 13.8 Å². The van der Waals surface area contributed by atoms with Crippen LogP contribution in [0.1, 0.15) is 78.1 Å². The topological polar surface area (TPSA) is 94.8 Å². The fourth-order valence-corrected chi connectivity index (χ4v) is 8.18. The Hall–Kier alpha value is -0.940. The summed E-state index contributed by atoms with van der Waals surface area (Å²) in [6.07, 6.45) is 7.51. The molecule has 0 amide bonds. The van der Waals surface area contributed by atoms with Gasteiger partial charge in [0, 0.05) is 12.3 Å². The molecule has 5 heteroatoms. The lowest BCUT2D eigenvalue weighted by Gasteiger charge is -2.60. The van der Waals surface area contributed by atoms with E-state index in [-0.39, 0.29) is 29.6 Å². The molecule has 0 heterocycles.